The van der Waals surface area contributed by atoms with Crippen molar-refractivity contribution in [3.05, 3.63) is 123 Å². The molecule has 3 aromatic carbocycles. The first-order chi connectivity index (χ1) is 16.5. The maximum Gasteiger partial charge on any atom is 0.273 e. The normalized spacial score (nSPS) is 12.0. The number of hydrogen-bond donors (Lipinski definition) is 1. The van der Waals surface area contributed by atoms with Crippen LogP contribution in [0.3, 0.4) is 0 Å². The fraction of sp³-hybridized carbons (Fsp3) is 0.185. The summed E-state index contributed by atoms with van der Waals surface area (Å²) in [6, 6.07) is 25.4. The lowest BCUT2D eigenvalue weighted by Crippen LogP contribution is -2.27. The summed E-state index contributed by atoms with van der Waals surface area (Å²) in [6.07, 6.45) is 1.40. The Hall–Kier alpha value is -3.12. The molecule has 1 unspecified atom stereocenters. The van der Waals surface area contributed by atoms with Crippen molar-refractivity contribution in [3.8, 4) is 0 Å². The van der Waals surface area contributed by atoms with Crippen molar-refractivity contribution in [2.45, 2.75) is 32.6 Å². The Morgan fingerprint density at radius 1 is 0.912 bits per heavy atom. The van der Waals surface area contributed by atoms with E-state index in [0.29, 0.717) is 35.6 Å². The molecule has 174 valence electrons. The zero-order chi connectivity index (χ0) is 23.9. The topological polar surface area (TPSA) is 58.4 Å². The van der Waals surface area contributed by atoms with Crippen molar-refractivity contribution in [2.24, 2.45) is 0 Å². The molecule has 0 aliphatic rings. The number of oxazole rings is 1. The lowest BCUT2D eigenvalue weighted by Gasteiger charge is -2.21. The number of amides is 1. The van der Waals surface area contributed by atoms with Crippen LogP contribution < -0.4 is 5.32 Å². The first-order valence-corrected chi connectivity index (χ1v) is 11.7. The molecule has 0 aliphatic heterocycles. The predicted octanol–water partition coefficient (Wildman–Crippen LogP) is 6.67. The van der Waals surface area contributed by atoms with Gasteiger partial charge in [-0.2, -0.15) is 0 Å². The molecule has 0 saturated heterocycles. The van der Waals surface area contributed by atoms with Gasteiger partial charge in [0.25, 0.3) is 5.91 Å². The highest BCUT2D eigenvalue weighted by Gasteiger charge is 2.18. The van der Waals surface area contributed by atoms with Crippen molar-refractivity contribution >= 4 is 29.1 Å². The van der Waals surface area contributed by atoms with Crippen molar-refractivity contribution in [1.82, 2.24) is 15.2 Å². The predicted molar refractivity (Wildman–Crippen MR) is 135 cm³/mol. The SMILES string of the molecule is CC(NC(=O)c1coc(CN(Cc2ccccc2)Cc2ccc(Cl)c(Cl)c2)n1)c1ccccc1. The van der Waals surface area contributed by atoms with E-state index in [0.717, 1.165) is 16.7 Å². The molecular weight excluding hydrogens is 469 g/mol. The quantitative estimate of drug-likeness (QED) is 0.282. The number of halogens is 2. The summed E-state index contributed by atoms with van der Waals surface area (Å²) in [5.74, 6) is 0.193. The fourth-order valence-electron chi connectivity index (χ4n) is 3.68. The van der Waals surface area contributed by atoms with Crippen LogP contribution >= 0.6 is 23.2 Å². The van der Waals surface area contributed by atoms with Crippen LogP contribution in [0.5, 0.6) is 0 Å². The van der Waals surface area contributed by atoms with Gasteiger partial charge in [0, 0.05) is 13.1 Å². The first-order valence-electron chi connectivity index (χ1n) is 11.0. The van der Waals surface area contributed by atoms with Gasteiger partial charge in [0.2, 0.25) is 5.89 Å². The second-order valence-electron chi connectivity index (χ2n) is 8.11. The Morgan fingerprint density at radius 2 is 1.59 bits per heavy atom. The summed E-state index contributed by atoms with van der Waals surface area (Å²) in [4.78, 5) is 19.3. The highest BCUT2D eigenvalue weighted by molar-refractivity contribution is 6.42. The average Bonchev–Trinajstić information content (AvgIpc) is 3.31. The molecule has 0 bridgehead atoms. The third kappa shape index (κ3) is 6.48. The minimum Gasteiger partial charge on any atom is -0.447 e. The number of aromatic nitrogens is 1. The van der Waals surface area contributed by atoms with Crippen LogP contribution in [0, 0.1) is 0 Å². The summed E-state index contributed by atoms with van der Waals surface area (Å²) in [5.41, 5.74) is 3.46. The van der Waals surface area contributed by atoms with E-state index in [9.17, 15) is 4.79 Å². The zero-order valence-corrected chi connectivity index (χ0v) is 20.3. The zero-order valence-electron chi connectivity index (χ0n) is 18.7. The highest BCUT2D eigenvalue weighted by Crippen LogP contribution is 2.24. The van der Waals surface area contributed by atoms with Gasteiger partial charge in [0.15, 0.2) is 5.69 Å². The van der Waals surface area contributed by atoms with E-state index in [1.165, 1.54) is 6.26 Å². The number of nitrogens with zero attached hydrogens (tertiary/aromatic N) is 2. The Balaban J connectivity index is 1.46. The first kappa shape index (κ1) is 24.0. The minimum atomic E-state index is -0.273. The van der Waals surface area contributed by atoms with Crippen molar-refractivity contribution in [1.29, 1.82) is 0 Å². The maximum absolute atomic E-state index is 12.7. The summed E-state index contributed by atoms with van der Waals surface area (Å²) >= 11 is 12.3. The van der Waals surface area contributed by atoms with Crippen LogP contribution in [0.1, 0.15) is 46.0 Å². The summed E-state index contributed by atoms with van der Waals surface area (Å²) in [6.45, 7) is 3.65. The van der Waals surface area contributed by atoms with E-state index >= 15 is 0 Å². The van der Waals surface area contributed by atoms with Crippen molar-refractivity contribution in [3.63, 3.8) is 0 Å². The Bertz CT molecular complexity index is 1230. The molecule has 0 fully saturated rings. The third-order valence-electron chi connectivity index (χ3n) is 5.43. The van der Waals surface area contributed by atoms with Crippen LogP contribution in [0.15, 0.2) is 89.5 Å². The van der Waals surface area contributed by atoms with Crippen molar-refractivity contribution in [2.75, 3.05) is 0 Å². The monoisotopic (exact) mass is 493 g/mol. The van der Waals surface area contributed by atoms with E-state index < -0.39 is 0 Å². The lowest BCUT2D eigenvalue weighted by atomic mass is 10.1. The molecule has 4 rings (SSSR count). The Kier molecular flexibility index (Phi) is 8.01. The number of carbonyl (C=O) groups is 1. The Morgan fingerprint density at radius 3 is 2.29 bits per heavy atom. The minimum absolute atomic E-state index is 0.141. The largest absolute Gasteiger partial charge is 0.447 e. The standard InChI is InChI=1S/C27H25Cl2N3O2/c1-19(22-10-6-3-7-11-22)30-27(33)25-18-34-26(31-25)17-32(15-20-8-4-2-5-9-20)16-21-12-13-23(28)24(29)14-21/h2-14,18-19H,15-17H2,1H3,(H,30,33). The third-order valence-corrected chi connectivity index (χ3v) is 6.17. The summed E-state index contributed by atoms with van der Waals surface area (Å²) < 4.78 is 5.66. The van der Waals surface area contributed by atoms with E-state index in [4.69, 9.17) is 27.6 Å². The summed E-state index contributed by atoms with van der Waals surface area (Å²) in [7, 11) is 0. The molecule has 4 aromatic rings. The van der Waals surface area contributed by atoms with Crippen LogP contribution in [0.2, 0.25) is 10.0 Å². The van der Waals surface area contributed by atoms with Gasteiger partial charge in [-0.25, -0.2) is 4.98 Å². The number of hydrogen-bond acceptors (Lipinski definition) is 4. The van der Waals surface area contributed by atoms with Crippen LogP contribution in [0.4, 0.5) is 0 Å². The highest BCUT2D eigenvalue weighted by atomic mass is 35.5. The molecule has 0 radical (unpaired) electrons. The molecule has 5 nitrogen and oxygen atoms in total. The van der Waals surface area contributed by atoms with Gasteiger partial charge in [-0.3, -0.25) is 9.69 Å². The smallest absolute Gasteiger partial charge is 0.273 e. The van der Waals surface area contributed by atoms with Crippen LogP contribution in [-0.4, -0.2) is 15.8 Å². The molecule has 1 amide bonds. The van der Waals surface area contributed by atoms with Gasteiger partial charge in [0.05, 0.1) is 22.6 Å². The molecular formula is C27H25Cl2N3O2. The van der Waals surface area contributed by atoms with E-state index in [2.05, 4.69) is 27.3 Å². The van der Waals surface area contributed by atoms with E-state index in [1.807, 2.05) is 67.6 Å². The molecule has 7 heteroatoms. The lowest BCUT2D eigenvalue weighted by molar-refractivity contribution is 0.0934. The molecule has 0 aliphatic carbocycles. The van der Waals surface area contributed by atoms with Gasteiger partial charge in [-0.15, -0.1) is 0 Å². The maximum atomic E-state index is 12.7. The van der Waals surface area contributed by atoms with Crippen LogP contribution in [-0.2, 0) is 19.6 Å². The van der Waals surface area contributed by atoms with Gasteiger partial charge in [-0.1, -0.05) is 89.9 Å². The molecule has 0 saturated carbocycles. The second kappa shape index (κ2) is 11.3. The summed E-state index contributed by atoms with van der Waals surface area (Å²) in [5, 5.41) is 4.00. The molecule has 1 atom stereocenters. The Labute approximate surface area is 209 Å². The molecule has 34 heavy (non-hydrogen) atoms. The molecule has 0 spiro atoms. The average molecular weight is 494 g/mol. The van der Waals surface area contributed by atoms with Gasteiger partial charge in [-0.05, 0) is 35.7 Å². The number of benzene rings is 3. The molecule has 1 aromatic heterocycles. The van der Waals surface area contributed by atoms with Crippen LogP contribution in [0.25, 0.3) is 0 Å². The van der Waals surface area contributed by atoms with Gasteiger partial charge < -0.3 is 9.73 Å². The number of carbonyl (C=O) groups excluding carboxylic acids is 1. The fourth-order valence-corrected chi connectivity index (χ4v) is 4.00. The van der Waals surface area contributed by atoms with Crippen molar-refractivity contribution < 1.29 is 9.21 Å². The second-order valence-corrected chi connectivity index (χ2v) is 8.93. The van der Waals surface area contributed by atoms with Gasteiger partial charge >= 0.3 is 0 Å². The molecule has 1 N–H and O–H groups in total. The molecule has 1 heterocycles. The number of rotatable bonds is 9. The van der Waals surface area contributed by atoms with Gasteiger partial charge in [0.1, 0.15) is 6.26 Å². The van der Waals surface area contributed by atoms with E-state index in [1.54, 1.807) is 6.07 Å². The number of nitrogens with one attached hydrogen (secondary N) is 1. The van der Waals surface area contributed by atoms with E-state index in [-0.39, 0.29) is 17.6 Å².